The van der Waals surface area contributed by atoms with E-state index in [1.807, 2.05) is 6.92 Å². The summed E-state index contributed by atoms with van der Waals surface area (Å²) < 4.78 is 0. The third-order valence-electron chi connectivity index (χ3n) is 3.10. The van der Waals surface area contributed by atoms with E-state index in [1.165, 1.54) is 0 Å². The average molecular weight is 232 g/mol. The van der Waals surface area contributed by atoms with Gasteiger partial charge in [0.2, 0.25) is 0 Å². The Morgan fingerprint density at radius 3 is 2.00 bits per heavy atom. The van der Waals surface area contributed by atoms with Gasteiger partial charge >= 0.3 is 0 Å². The van der Waals surface area contributed by atoms with Gasteiger partial charge in [0, 0.05) is 12.1 Å². The molecule has 0 aliphatic carbocycles. The van der Waals surface area contributed by atoms with Gasteiger partial charge in [-0.3, -0.25) is 0 Å². The summed E-state index contributed by atoms with van der Waals surface area (Å²) in [4.78, 5) is 0. The van der Waals surface area contributed by atoms with Gasteiger partial charge in [-0.25, -0.2) is 0 Å². The molecule has 0 rings (SSSR count). The quantitative estimate of drug-likeness (QED) is 0.489. The first-order valence-electron chi connectivity index (χ1n) is 6.18. The number of aliphatic hydroxyl groups is 2. The molecule has 6 N–H and O–H groups in total. The maximum absolute atomic E-state index is 9.84. The molecule has 0 aromatic carbocycles. The van der Waals surface area contributed by atoms with E-state index in [1.54, 1.807) is 0 Å². The molecule has 4 heteroatoms. The van der Waals surface area contributed by atoms with Crippen LogP contribution in [0.5, 0.6) is 0 Å². The van der Waals surface area contributed by atoms with Gasteiger partial charge in [0.15, 0.2) is 0 Å². The van der Waals surface area contributed by atoms with Gasteiger partial charge in [-0.15, -0.1) is 0 Å². The summed E-state index contributed by atoms with van der Waals surface area (Å²) in [5, 5.41) is 18.7. The first-order chi connectivity index (χ1) is 7.38. The second-order valence-corrected chi connectivity index (χ2v) is 5.26. The lowest BCUT2D eigenvalue weighted by atomic mass is 9.92. The van der Waals surface area contributed by atoms with Crippen LogP contribution in [0, 0.1) is 11.8 Å². The lowest BCUT2D eigenvalue weighted by molar-refractivity contribution is 0.113. The summed E-state index contributed by atoms with van der Waals surface area (Å²) >= 11 is 0. The van der Waals surface area contributed by atoms with Gasteiger partial charge in [0.05, 0.1) is 12.7 Å². The molecule has 0 aliphatic heterocycles. The zero-order chi connectivity index (χ0) is 12.7. The molecule has 0 aromatic rings. The molecule has 0 saturated heterocycles. The Morgan fingerprint density at radius 1 is 1.00 bits per heavy atom. The molecule has 0 heterocycles. The van der Waals surface area contributed by atoms with Crippen LogP contribution in [-0.2, 0) is 0 Å². The Kier molecular flexibility index (Phi) is 7.93. The molecule has 4 atom stereocenters. The fourth-order valence-electron chi connectivity index (χ4n) is 1.74. The summed E-state index contributed by atoms with van der Waals surface area (Å²) in [6, 6.07) is -0.355. The summed E-state index contributed by atoms with van der Waals surface area (Å²) in [5.41, 5.74) is 11.6. The lowest BCUT2D eigenvalue weighted by Crippen LogP contribution is -2.37. The first kappa shape index (κ1) is 15.8. The molecule has 0 amide bonds. The van der Waals surface area contributed by atoms with Gasteiger partial charge < -0.3 is 21.7 Å². The van der Waals surface area contributed by atoms with Gasteiger partial charge in [0.25, 0.3) is 0 Å². The summed E-state index contributed by atoms with van der Waals surface area (Å²) in [5.74, 6) is 0.715. The lowest BCUT2D eigenvalue weighted by Gasteiger charge is -2.23. The molecule has 0 aromatic heterocycles. The van der Waals surface area contributed by atoms with E-state index in [9.17, 15) is 5.11 Å². The fourth-order valence-corrected chi connectivity index (χ4v) is 1.74. The molecular formula is C12H28N2O2. The highest BCUT2D eigenvalue weighted by Gasteiger charge is 2.18. The van der Waals surface area contributed by atoms with Crippen molar-refractivity contribution in [3.8, 4) is 0 Å². The van der Waals surface area contributed by atoms with E-state index in [4.69, 9.17) is 16.6 Å². The largest absolute Gasteiger partial charge is 0.395 e. The fraction of sp³-hybridized carbons (Fsp3) is 1.00. The van der Waals surface area contributed by atoms with Crippen molar-refractivity contribution in [3.05, 3.63) is 0 Å². The maximum atomic E-state index is 9.84. The molecule has 0 fully saturated rings. The van der Waals surface area contributed by atoms with Crippen molar-refractivity contribution in [1.82, 2.24) is 0 Å². The van der Waals surface area contributed by atoms with Crippen molar-refractivity contribution >= 4 is 0 Å². The van der Waals surface area contributed by atoms with Crippen LogP contribution in [0.15, 0.2) is 0 Å². The molecule has 4 unspecified atom stereocenters. The monoisotopic (exact) mass is 232 g/mol. The zero-order valence-corrected chi connectivity index (χ0v) is 10.8. The van der Waals surface area contributed by atoms with E-state index in [0.29, 0.717) is 12.3 Å². The van der Waals surface area contributed by atoms with Crippen LogP contribution in [0.25, 0.3) is 0 Å². The number of hydrogen-bond donors (Lipinski definition) is 4. The summed E-state index contributed by atoms with van der Waals surface area (Å²) in [6.45, 7) is 6.17. The molecule has 98 valence electrons. The van der Waals surface area contributed by atoms with Gasteiger partial charge in [-0.2, -0.15) is 0 Å². The highest BCUT2D eigenvalue weighted by atomic mass is 16.3. The second-order valence-electron chi connectivity index (χ2n) is 5.26. The third-order valence-corrected chi connectivity index (χ3v) is 3.10. The molecular weight excluding hydrogens is 204 g/mol. The van der Waals surface area contributed by atoms with Crippen LogP contribution >= 0.6 is 0 Å². The molecule has 0 bridgehead atoms. The van der Waals surface area contributed by atoms with Gasteiger partial charge in [-0.05, 0) is 31.1 Å². The second kappa shape index (κ2) is 8.01. The Balaban J connectivity index is 3.83. The maximum Gasteiger partial charge on any atom is 0.0691 e. The number of nitrogens with two attached hydrogens (primary N) is 2. The van der Waals surface area contributed by atoms with Crippen LogP contribution in [0.1, 0.15) is 40.0 Å². The predicted molar refractivity (Wildman–Crippen MR) is 66.9 cm³/mol. The average Bonchev–Trinajstić information content (AvgIpc) is 2.23. The zero-order valence-electron chi connectivity index (χ0n) is 10.8. The van der Waals surface area contributed by atoms with Crippen LogP contribution in [0.3, 0.4) is 0 Å². The molecule has 0 aliphatic rings. The highest BCUT2D eigenvalue weighted by Crippen LogP contribution is 2.15. The van der Waals surface area contributed by atoms with Gasteiger partial charge in [-0.1, -0.05) is 20.8 Å². The van der Waals surface area contributed by atoms with E-state index in [-0.39, 0.29) is 24.6 Å². The van der Waals surface area contributed by atoms with E-state index >= 15 is 0 Å². The third kappa shape index (κ3) is 6.43. The minimum absolute atomic E-state index is 0.00465. The topological polar surface area (TPSA) is 92.5 Å². The minimum Gasteiger partial charge on any atom is -0.395 e. The summed E-state index contributed by atoms with van der Waals surface area (Å²) in [6.07, 6.45) is 1.83. The van der Waals surface area contributed by atoms with Crippen LogP contribution in [0.4, 0.5) is 0 Å². The van der Waals surface area contributed by atoms with Crippen molar-refractivity contribution in [2.75, 3.05) is 6.61 Å². The van der Waals surface area contributed by atoms with Crippen molar-refractivity contribution in [3.63, 3.8) is 0 Å². The van der Waals surface area contributed by atoms with Crippen LogP contribution < -0.4 is 11.5 Å². The predicted octanol–water partition coefficient (Wildman–Crippen LogP) is 0.457. The summed E-state index contributed by atoms with van der Waals surface area (Å²) in [7, 11) is 0. The van der Waals surface area contributed by atoms with Crippen LogP contribution in [-0.4, -0.2) is 35.0 Å². The van der Waals surface area contributed by atoms with E-state index in [0.717, 1.165) is 12.8 Å². The van der Waals surface area contributed by atoms with Crippen LogP contribution in [0.2, 0.25) is 0 Å². The first-order valence-corrected chi connectivity index (χ1v) is 6.18. The minimum atomic E-state index is -0.462. The number of rotatable bonds is 8. The highest BCUT2D eigenvalue weighted by molar-refractivity contribution is 4.76. The van der Waals surface area contributed by atoms with E-state index in [2.05, 4.69) is 13.8 Å². The number of hydrogen-bond acceptors (Lipinski definition) is 4. The van der Waals surface area contributed by atoms with Gasteiger partial charge in [0.1, 0.15) is 0 Å². The Morgan fingerprint density at radius 2 is 1.56 bits per heavy atom. The Labute approximate surface area is 99.0 Å². The molecule has 16 heavy (non-hydrogen) atoms. The Bertz CT molecular complexity index is 176. The molecule has 0 radical (unpaired) electrons. The standard InChI is InChI=1S/C12H28N2O2/c1-8(2)6-10(13)12(16)5-4-9(3)11(14)7-15/h8-12,15-16H,4-7,13-14H2,1-3H3. The van der Waals surface area contributed by atoms with Crippen molar-refractivity contribution in [2.45, 2.75) is 58.2 Å². The van der Waals surface area contributed by atoms with Crippen molar-refractivity contribution in [1.29, 1.82) is 0 Å². The SMILES string of the molecule is CC(C)CC(N)C(O)CCC(C)C(N)CO. The van der Waals surface area contributed by atoms with Crippen molar-refractivity contribution in [2.24, 2.45) is 23.3 Å². The molecule has 0 spiro atoms. The van der Waals surface area contributed by atoms with Crippen molar-refractivity contribution < 1.29 is 10.2 Å². The van der Waals surface area contributed by atoms with E-state index < -0.39 is 6.10 Å². The molecule has 4 nitrogen and oxygen atoms in total. The molecule has 0 saturated carbocycles. The normalized spacial score (nSPS) is 19.5. The smallest absolute Gasteiger partial charge is 0.0691 e. The number of aliphatic hydroxyl groups excluding tert-OH is 2. The Hall–Kier alpha value is -0.160.